The van der Waals surface area contributed by atoms with Crippen LogP contribution in [-0.4, -0.2) is 15.1 Å². The summed E-state index contributed by atoms with van der Waals surface area (Å²) in [5.74, 6) is 2.09. The average molecular weight is 219 g/mol. The van der Waals surface area contributed by atoms with Crippen LogP contribution in [-0.2, 0) is 19.4 Å². The summed E-state index contributed by atoms with van der Waals surface area (Å²) in [6, 6.07) is 0. The van der Waals surface area contributed by atoms with E-state index in [-0.39, 0.29) is 5.54 Å². The highest BCUT2D eigenvalue weighted by atomic mass is 15.1. The molecule has 88 valence electrons. The maximum Gasteiger partial charge on any atom is 0.109 e. The van der Waals surface area contributed by atoms with E-state index in [1.807, 2.05) is 0 Å². The number of fused-ring (bicyclic) bond motifs is 1. The molecule has 3 heteroatoms. The first-order chi connectivity index (χ1) is 7.66. The molecule has 3 rings (SSSR count). The van der Waals surface area contributed by atoms with Crippen molar-refractivity contribution in [3.05, 3.63) is 17.7 Å². The number of rotatable bonds is 3. The maximum atomic E-state index is 6.13. The van der Waals surface area contributed by atoms with Gasteiger partial charge in [0.1, 0.15) is 5.82 Å². The van der Waals surface area contributed by atoms with E-state index >= 15 is 0 Å². The third-order valence-electron chi connectivity index (χ3n) is 4.17. The third-order valence-corrected chi connectivity index (χ3v) is 4.17. The summed E-state index contributed by atoms with van der Waals surface area (Å²) in [7, 11) is 0. The van der Waals surface area contributed by atoms with Gasteiger partial charge in [-0.3, -0.25) is 0 Å². The van der Waals surface area contributed by atoms with E-state index < -0.39 is 0 Å². The molecule has 3 nitrogen and oxygen atoms in total. The van der Waals surface area contributed by atoms with Crippen molar-refractivity contribution in [3.63, 3.8) is 0 Å². The number of hydrogen-bond acceptors (Lipinski definition) is 2. The Labute approximate surface area is 97.0 Å². The molecule has 0 aromatic carbocycles. The van der Waals surface area contributed by atoms with Crippen molar-refractivity contribution in [2.45, 2.75) is 57.5 Å². The number of aromatic nitrogens is 2. The van der Waals surface area contributed by atoms with Crippen LogP contribution in [0, 0.1) is 5.92 Å². The zero-order valence-corrected chi connectivity index (χ0v) is 10.1. The van der Waals surface area contributed by atoms with Gasteiger partial charge in [0.05, 0.1) is 0 Å². The maximum absolute atomic E-state index is 6.13. The minimum absolute atomic E-state index is 0.173. The first-order valence-corrected chi connectivity index (χ1v) is 6.48. The van der Waals surface area contributed by atoms with Gasteiger partial charge in [-0.15, -0.1) is 0 Å². The van der Waals surface area contributed by atoms with Gasteiger partial charge in [-0.05, 0) is 38.0 Å². The summed E-state index contributed by atoms with van der Waals surface area (Å²) in [5.41, 5.74) is 7.71. The molecule has 2 N–H and O–H groups in total. The number of nitrogens with two attached hydrogens (primary N) is 1. The molecule has 0 spiro atoms. The lowest BCUT2D eigenvalue weighted by molar-refractivity contribution is 0.400. The highest BCUT2D eigenvalue weighted by molar-refractivity contribution is 5.11. The van der Waals surface area contributed by atoms with E-state index in [9.17, 15) is 0 Å². The van der Waals surface area contributed by atoms with Gasteiger partial charge in [0.15, 0.2) is 0 Å². The molecule has 1 aliphatic heterocycles. The van der Waals surface area contributed by atoms with Gasteiger partial charge >= 0.3 is 0 Å². The Bertz CT molecular complexity index is 390. The average Bonchev–Trinajstić information content (AvgIpc) is 2.87. The van der Waals surface area contributed by atoms with Crippen LogP contribution in [0.1, 0.15) is 44.1 Å². The van der Waals surface area contributed by atoms with Gasteiger partial charge in [0.2, 0.25) is 0 Å². The Hall–Kier alpha value is -0.830. The van der Waals surface area contributed by atoms with Crippen LogP contribution in [0.25, 0.3) is 0 Å². The number of aryl methyl sites for hydroxylation is 1. The third kappa shape index (κ3) is 1.88. The van der Waals surface area contributed by atoms with E-state index in [1.165, 1.54) is 30.8 Å². The van der Waals surface area contributed by atoms with Gasteiger partial charge in [0, 0.05) is 30.4 Å². The van der Waals surface area contributed by atoms with Gasteiger partial charge in [-0.1, -0.05) is 6.92 Å². The van der Waals surface area contributed by atoms with Crippen LogP contribution in [0.5, 0.6) is 0 Å². The molecule has 16 heavy (non-hydrogen) atoms. The van der Waals surface area contributed by atoms with Crippen LogP contribution in [0.15, 0.2) is 6.20 Å². The first kappa shape index (κ1) is 10.3. The normalized spacial score (nSPS) is 26.5. The summed E-state index contributed by atoms with van der Waals surface area (Å²) >= 11 is 0. The zero-order valence-electron chi connectivity index (χ0n) is 10.1. The quantitative estimate of drug-likeness (QED) is 0.843. The van der Waals surface area contributed by atoms with Crippen LogP contribution >= 0.6 is 0 Å². The van der Waals surface area contributed by atoms with Crippen molar-refractivity contribution in [1.82, 2.24) is 9.55 Å². The molecule has 0 radical (unpaired) electrons. The molecule has 1 atom stereocenters. The molecule has 1 aromatic rings. The largest absolute Gasteiger partial charge is 0.332 e. The summed E-state index contributed by atoms with van der Waals surface area (Å²) in [6.45, 7) is 3.47. The van der Waals surface area contributed by atoms with Crippen molar-refractivity contribution < 1.29 is 0 Å². The van der Waals surface area contributed by atoms with Crippen LogP contribution in [0.4, 0.5) is 0 Å². The van der Waals surface area contributed by atoms with E-state index in [2.05, 4.69) is 22.7 Å². The summed E-state index contributed by atoms with van der Waals surface area (Å²) in [4.78, 5) is 4.55. The fraction of sp³-hybridized carbons (Fsp3) is 0.769. The lowest BCUT2D eigenvalue weighted by Crippen LogP contribution is -2.24. The summed E-state index contributed by atoms with van der Waals surface area (Å²) in [5, 5.41) is 0. The molecule has 0 saturated heterocycles. The zero-order chi connectivity index (χ0) is 11.2. The fourth-order valence-corrected chi connectivity index (χ4v) is 2.64. The Balaban J connectivity index is 1.71. The van der Waals surface area contributed by atoms with E-state index in [0.29, 0.717) is 0 Å². The molecule has 1 saturated carbocycles. The topological polar surface area (TPSA) is 43.8 Å². The second-order valence-electron chi connectivity index (χ2n) is 5.78. The lowest BCUT2D eigenvalue weighted by Gasteiger charge is -2.21. The number of nitrogens with zero attached hydrogens (tertiary/aromatic N) is 2. The molecule has 2 heterocycles. The predicted octanol–water partition coefficient (Wildman–Crippen LogP) is 1.89. The molecule has 1 unspecified atom stereocenters. The molecule has 1 aliphatic carbocycles. The highest BCUT2D eigenvalue weighted by Crippen LogP contribution is 2.36. The SMILES string of the molecule is CC1CCn2c(CCC3(N)CC3)cnc2C1. The van der Waals surface area contributed by atoms with Crippen molar-refractivity contribution in [3.8, 4) is 0 Å². The van der Waals surface area contributed by atoms with Gasteiger partial charge in [-0.25, -0.2) is 4.98 Å². The smallest absolute Gasteiger partial charge is 0.109 e. The Morgan fingerprint density at radius 1 is 1.56 bits per heavy atom. The molecular weight excluding hydrogens is 198 g/mol. The summed E-state index contributed by atoms with van der Waals surface area (Å²) < 4.78 is 2.42. The van der Waals surface area contributed by atoms with Crippen molar-refractivity contribution in [1.29, 1.82) is 0 Å². The molecular formula is C13H21N3. The summed E-state index contributed by atoms with van der Waals surface area (Å²) in [6.07, 6.45) is 9.18. The fourth-order valence-electron chi connectivity index (χ4n) is 2.64. The van der Waals surface area contributed by atoms with E-state index in [1.54, 1.807) is 0 Å². The van der Waals surface area contributed by atoms with Gasteiger partial charge < -0.3 is 10.3 Å². The lowest BCUT2D eigenvalue weighted by atomic mass is 10.00. The van der Waals surface area contributed by atoms with Crippen LogP contribution in [0.3, 0.4) is 0 Å². The monoisotopic (exact) mass is 219 g/mol. The van der Waals surface area contributed by atoms with Crippen molar-refractivity contribution in [2.75, 3.05) is 0 Å². The van der Waals surface area contributed by atoms with Crippen LogP contribution < -0.4 is 5.73 Å². The second kappa shape index (κ2) is 3.59. The molecule has 2 aliphatic rings. The molecule has 1 fully saturated rings. The van der Waals surface area contributed by atoms with E-state index in [0.717, 1.165) is 31.7 Å². The first-order valence-electron chi connectivity index (χ1n) is 6.48. The van der Waals surface area contributed by atoms with Gasteiger partial charge in [-0.2, -0.15) is 0 Å². The van der Waals surface area contributed by atoms with E-state index in [4.69, 9.17) is 5.73 Å². The predicted molar refractivity (Wildman–Crippen MR) is 64.2 cm³/mol. The number of hydrogen-bond donors (Lipinski definition) is 1. The number of imidazole rings is 1. The minimum Gasteiger partial charge on any atom is -0.332 e. The molecule has 0 bridgehead atoms. The Morgan fingerprint density at radius 2 is 2.38 bits per heavy atom. The van der Waals surface area contributed by atoms with Crippen molar-refractivity contribution >= 4 is 0 Å². The molecule has 1 aromatic heterocycles. The Kier molecular flexibility index (Phi) is 2.32. The van der Waals surface area contributed by atoms with Crippen molar-refractivity contribution in [2.24, 2.45) is 11.7 Å². The standard InChI is InChI=1S/C13H21N3/c1-10-3-7-16-11(9-15-12(16)8-10)2-4-13(14)5-6-13/h9-10H,2-8,14H2,1H3. The minimum atomic E-state index is 0.173. The second-order valence-corrected chi connectivity index (χ2v) is 5.78. The highest BCUT2D eigenvalue weighted by Gasteiger charge is 2.37. The van der Waals surface area contributed by atoms with Crippen LogP contribution in [0.2, 0.25) is 0 Å². The molecule has 0 amide bonds. The Morgan fingerprint density at radius 3 is 3.12 bits per heavy atom. The van der Waals surface area contributed by atoms with Gasteiger partial charge in [0.25, 0.3) is 0 Å².